The smallest absolute Gasteiger partial charge is 0.320 e. The van der Waals surface area contributed by atoms with E-state index in [0.29, 0.717) is 13.1 Å². The van der Waals surface area contributed by atoms with Gasteiger partial charge in [-0.05, 0) is 38.5 Å². The second-order valence-corrected chi connectivity index (χ2v) is 6.12. The van der Waals surface area contributed by atoms with E-state index in [1.54, 1.807) is 0 Å². The van der Waals surface area contributed by atoms with Gasteiger partial charge in [0.2, 0.25) is 0 Å². The highest BCUT2D eigenvalue weighted by atomic mass is 16.4. The van der Waals surface area contributed by atoms with E-state index in [1.807, 2.05) is 9.80 Å². The number of carbonyl (C=O) groups excluding carboxylic acids is 1. The highest BCUT2D eigenvalue weighted by molar-refractivity contribution is 5.75. The normalized spacial score (nSPS) is 17.6. The Hall–Kier alpha value is -1.26. The minimum Gasteiger partial charge on any atom is -0.481 e. The Kier molecular flexibility index (Phi) is 7.54. The number of hydrogen-bond acceptors (Lipinski definition) is 2. The minimum absolute atomic E-state index is 0.131. The van der Waals surface area contributed by atoms with Gasteiger partial charge in [0.15, 0.2) is 0 Å². The zero-order chi connectivity index (χ0) is 15.8. The quantitative estimate of drug-likeness (QED) is 0.785. The van der Waals surface area contributed by atoms with Gasteiger partial charge in [-0.2, -0.15) is 0 Å². The van der Waals surface area contributed by atoms with Crippen LogP contribution in [-0.4, -0.2) is 52.6 Å². The molecule has 122 valence electrons. The molecule has 1 aliphatic rings. The first kappa shape index (κ1) is 17.8. The third-order valence-electron chi connectivity index (χ3n) is 4.47. The molecule has 1 atom stereocenters. The molecular weight excluding hydrogens is 268 g/mol. The number of unbranched alkanes of at least 4 members (excludes halogenated alkanes) is 1. The number of aliphatic carboxylic acids is 1. The molecule has 1 unspecified atom stereocenters. The minimum atomic E-state index is -0.732. The van der Waals surface area contributed by atoms with Crippen molar-refractivity contribution in [2.45, 2.75) is 65.3 Å². The molecule has 5 nitrogen and oxygen atoms in total. The summed E-state index contributed by atoms with van der Waals surface area (Å²) in [5.74, 6) is -0.511. The topological polar surface area (TPSA) is 60.9 Å². The van der Waals surface area contributed by atoms with Gasteiger partial charge in [0.1, 0.15) is 0 Å². The van der Waals surface area contributed by atoms with Crippen molar-refractivity contribution in [2.24, 2.45) is 5.92 Å². The first-order valence-corrected chi connectivity index (χ1v) is 8.26. The maximum absolute atomic E-state index is 12.7. The van der Waals surface area contributed by atoms with Crippen LogP contribution in [0.15, 0.2) is 0 Å². The number of piperidine rings is 1. The van der Waals surface area contributed by atoms with Crippen LogP contribution in [0.1, 0.15) is 59.3 Å². The summed E-state index contributed by atoms with van der Waals surface area (Å²) in [5, 5.41) is 8.84. The lowest BCUT2D eigenvalue weighted by Gasteiger charge is -2.38. The molecule has 0 bridgehead atoms. The van der Waals surface area contributed by atoms with Crippen LogP contribution in [-0.2, 0) is 4.79 Å². The third-order valence-corrected chi connectivity index (χ3v) is 4.47. The number of nitrogens with zero attached hydrogens (tertiary/aromatic N) is 2. The van der Waals surface area contributed by atoms with Gasteiger partial charge in [-0.1, -0.05) is 20.3 Å². The average Bonchev–Trinajstić information content (AvgIpc) is 2.47. The number of hydrogen-bond donors (Lipinski definition) is 1. The Morgan fingerprint density at radius 3 is 2.38 bits per heavy atom. The molecule has 0 radical (unpaired) electrons. The molecule has 0 aromatic heterocycles. The van der Waals surface area contributed by atoms with Crippen molar-refractivity contribution >= 4 is 12.0 Å². The maximum Gasteiger partial charge on any atom is 0.320 e. The van der Waals surface area contributed by atoms with Crippen LogP contribution < -0.4 is 0 Å². The summed E-state index contributed by atoms with van der Waals surface area (Å²) in [6.07, 6.45) is 4.92. The lowest BCUT2D eigenvalue weighted by molar-refractivity contribution is -0.138. The summed E-state index contributed by atoms with van der Waals surface area (Å²) in [4.78, 5) is 27.3. The van der Waals surface area contributed by atoms with Crippen molar-refractivity contribution in [3.63, 3.8) is 0 Å². The molecule has 1 rings (SSSR count). The number of amides is 2. The van der Waals surface area contributed by atoms with Gasteiger partial charge in [-0.3, -0.25) is 4.79 Å². The second kappa shape index (κ2) is 8.90. The molecule has 0 saturated carbocycles. The van der Waals surface area contributed by atoms with E-state index >= 15 is 0 Å². The number of urea groups is 1. The fourth-order valence-electron chi connectivity index (χ4n) is 2.81. The van der Waals surface area contributed by atoms with Crippen LogP contribution >= 0.6 is 0 Å². The molecule has 0 aromatic rings. The van der Waals surface area contributed by atoms with Gasteiger partial charge in [0.05, 0.1) is 0 Å². The highest BCUT2D eigenvalue weighted by Gasteiger charge is 2.28. The zero-order valence-electron chi connectivity index (χ0n) is 13.7. The maximum atomic E-state index is 12.7. The van der Waals surface area contributed by atoms with Crippen molar-refractivity contribution in [3.8, 4) is 0 Å². The largest absolute Gasteiger partial charge is 0.481 e. The van der Waals surface area contributed by atoms with E-state index in [9.17, 15) is 9.59 Å². The van der Waals surface area contributed by atoms with Gasteiger partial charge in [0, 0.05) is 32.1 Å². The van der Waals surface area contributed by atoms with Gasteiger partial charge >= 0.3 is 12.0 Å². The molecule has 0 spiro atoms. The Bertz CT molecular complexity index is 338. The number of carboxylic acid groups (broad SMARTS) is 1. The molecule has 21 heavy (non-hydrogen) atoms. The van der Waals surface area contributed by atoms with E-state index in [2.05, 4.69) is 20.8 Å². The molecule has 1 aliphatic heterocycles. The first-order chi connectivity index (χ1) is 9.99. The Morgan fingerprint density at radius 1 is 1.29 bits per heavy atom. The summed E-state index contributed by atoms with van der Waals surface area (Å²) in [7, 11) is 0. The fraction of sp³-hybridized carbons (Fsp3) is 0.875. The number of carboxylic acids is 1. The molecule has 1 fully saturated rings. The number of carbonyl (C=O) groups is 2. The van der Waals surface area contributed by atoms with E-state index in [4.69, 9.17) is 5.11 Å². The molecule has 0 aliphatic carbocycles. The highest BCUT2D eigenvalue weighted by Crippen LogP contribution is 2.22. The van der Waals surface area contributed by atoms with Crippen molar-refractivity contribution in [1.29, 1.82) is 0 Å². The Labute approximate surface area is 128 Å². The van der Waals surface area contributed by atoms with E-state index in [1.165, 1.54) is 0 Å². The summed E-state index contributed by atoms with van der Waals surface area (Å²) in [6, 6.07) is 0.396. The predicted molar refractivity (Wildman–Crippen MR) is 83.3 cm³/mol. The predicted octanol–water partition coefficient (Wildman–Crippen LogP) is 3.19. The third kappa shape index (κ3) is 5.56. The lowest BCUT2D eigenvalue weighted by atomic mass is 9.94. The summed E-state index contributed by atoms with van der Waals surface area (Å²) in [5.41, 5.74) is 0. The van der Waals surface area contributed by atoms with Gasteiger partial charge in [-0.15, -0.1) is 0 Å². The SMILES string of the molecule is CCCCN(C(=O)N1CCC(CC(=O)O)CC1)C(C)CC. The van der Waals surface area contributed by atoms with Gasteiger partial charge in [-0.25, -0.2) is 4.79 Å². The number of likely N-dealkylation sites (tertiary alicyclic amines) is 1. The van der Waals surface area contributed by atoms with Gasteiger partial charge < -0.3 is 14.9 Å². The monoisotopic (exact) mass is 298 g/mol. The molecule has 1 N–H and O–H groups in total. The van der Waals surface area contributed by atoms with Crippen molar-refractivity contribution < 1.29 is 14.7 Å². The van der Waals surface area contributed by atoms with E-state index < -0.39 is 5.97 Å². The van der Waals surface area contributed by atoms with Crippen molar-refractivity contribution in [1.82, 2.24) is 9.80 Å². The molecule has 1 saturated heterocycles. The first-order valence-electron chi connectivity index (χ1n) is 8.26. The van der Waals surface area contributed by atoms with Crippen LogP contribution in [0, 0.1) is 5.92 Å². The van der Waals surface area contributed by atoms with Crippen LogP contribution in [0.3, 0.4) is 0 Å². The van der Waals surface area contributed by atoms with Crippen molar-refractivity contribution in [3.05, 3.63) is 0 Å². The summed E-state index contributed by atoms with van der Waals surface area (Å²) < 4.78 is 0. The second-order valence-electron chi connectivity index (χ2n) is 6.12. The van der Waals surface area contributed by atoms with E-state index in [-0.39, 0.29) is 24.4 Å². The molecule has 2 amide bonds. The standard InChI is InChI=1S/C16H30N2O3/c1-4-6-9-18(13(3)5-2)16(21)17-10-7-14(8-11-17)12-15(19)20/h13-14H,4-12H2,1-3H3,(H,19,20). The Morgan fingerprint density at radius 2 is 1.90 bits per heavy atom. The van der Waals surface area contributed by atoms with Crippen LogP contribution in [0.25, 0.3) is 0 Å². The summed E-state index contributed by atoms with van der Waals surface area (Å²) in [6.45, 7) is 8.54. The molecule has 0 aromatic carbocycles. The fourth-order valence-corrected chi connectivity index (χ4v) is 2.81. The Balaban J connectivity index is 2.54. The van der Waals surface area contributed by atoms with Crippen LogP contribution in [0.5, 0.6) is 0 Å². The van der Waals surface area contributed by atoms with Crippen molar-refractivity contribution in [2.75, 3.05) is 19.6 Å². The number of rotatable bonds is 7. The molecule has 5 heteroatoms. The van der Waals surface area contributed by atoms with Crippen LogP contribution in [0.4, 0.5) is 4.79 Å². The summed E-state index contributed by atoms with van der Waals surface area (Å²) >= 11 is 0. The molecular formula is C16H30N2O3. The lowest BCUT2D eigenvalue weighted by Crippen LogP contribution is -2.50. The van der Waals surface area contributed by atoms with E-state index in [0.717, 1.165) is 38.6 Å². The van der Waals surface area contributed by atoms with Gasteiger partial charge in [0.25, 0.3) is 0 Å². The molecule has 1 heterocycles. The zero-order valence-corrected chi connectivity index (χ0v) is 13.7. The van der Waals surface area contributed by atoms with Crippen LogP contribution in [0.2, 0.25) is 0 Å². The average molecular weight is 298 g/mol.